The third-order valence-corrected chi connectivity index (χ3v) is 3.68. The lowest BCUT2D eigenvalue weighted by atomic mass is 10.0. The molecule has 1 saturated heterocycles. The third-order valence-electron chi connectivity index (χ3n) is 3.68. The molecule has 0 aliphatic carbocycles. The lowest BCUT2D eigenvalue weighted by Gasteiger charge is -2.36. The van der Waals surface area contributed by atoms with Gasteiger partial charge in [0.15, 0.2) is 0 Å². The van der Waals surface area contributed by atoms with Gasteiger partial charge in [-0.05, 0) is 19.4 Å². The Hall–Kier alpha value is -1.63. The van der Waals surface area contributed by atoms with Crippen molar-refractivity contribution in [2.75, 3.05) is 26.7 Å². The second-order valence-electron chi connectivity index (χ2n) is 5.02. The molecule has 1 aliphatic heterocycles. The highest BCUT2D eigenvalue weighted by molar-refractivity contribution is 5.95. The Morgan fingerprint density at radius 2 is 1.85 bits per heavy atom. The molecule has 0 saturated carbocycles. The number of imide groups is 1. The Bertz CT molecular complexity index is 365. The van der Waals surface area contributed by atoms with Crippen molar-refractivity contribution >= 4 is 17.9 Å². The predicted octanol–water partition coefficient (Wildman–Crippen LogP) is 0.504. The summed E-state index contributed by atoms with van der Waals surface area (Å²) in [5.74, 6) is -1.59. The number of carboxylic acid groups (broad SMARTS) is 1. The molecule has 7 heteroatoms. The average molecular weight is 285 g/mol. The van der Waals surface area contributed by atoms with Crippen LogP contribution in [0.2, 0.25) is 0 Å². The van der Waals surface area contributed by atoms with E-state index in [2.05, 4.69) is 17.1 Å². The van der Waals surface area contributed by atoms with E-state index in [1.807, 2.05) is 0 Å². The maximum absolute atomic E-state index is 11.9. The van der Waals surface area contributed by atoms with Crippen molar-refractivity contribution in [3.05, 3.63) is 0 Å². The summed E-state index contributed by atoms with van der Waals surface area (Å²) < 4.78 is 0. The first-order valence-electron chi connectivity index (χ1n) is 6.94. The fraction of sp³-hybridized carbons (Fsp3) is 0.769. The Morgan fingerprint density at radius 1 is 1.25 bits per heavy atom. The summed E-state index contributed by atoms with van der Waals surface area (Å²) in [4.78, 5) is 37.5. The van der Waals surface area contributed by atoms with Crippen molar-refractivity contribution < 1.29 is 19.5 Å². The van der Waals surface area contributed by atoms with Crippen LogP contribution < -0.4 is 5.32 Å². The number of rotatable bonds is 5. The number of likely N-dealkylation sites (tertiary alicyclic amines) is 1. The van der Waals surface area contributed by atoms with Gasteiger partial charge in [-0.25, -0.2) is 4.79 Å². The monoisotopic (exact) mass is 285 g/mol. The zero-order valence-electron chi connectivity index (χ0n) is 12.1. The molecule has 0 bridgehead atoms. The molecule has 1 fully saturated rings. The number of urea groups is 1. The molecule has 0 aromatic carbocycles. The van der Waals surface area contributed by atoms with Crippen molar-refractivity contribution in [1.29, 1.82) is 0 Å². The Morgan fingerprint density at radius 3 is 2.35 bits per heavy atom. The molecule has 0 spiro atoms. The molecule has 0 unspecified atom stereocenters. The molecule has 1 aliphatic rings. The second-order valence-corrected chi connectivity index (χ2v) is 5.02. The van der Waals surface area contributed by atoms with Gasteiger partial charge in [0.1, 0.15) is 0 Å². The van der Waals surface area contributed by atoms with Gasteiger partial charge in [0.05, 0.1) is 6.42 Å². The van der Waals surface area contributed by atoms with Gasteiger partial charge < -0.3 is 14.9 Å². The van der Waals surface area contributed by atoms with Crippen LogP contribution in [0, 0.1) is 0 Å². The van der Waals surface area contributed by atoms with Crippen LogP contribution in [0.25, 0.3) is 0 Å². The van der Waals surface area contributed by atoms with Crippen LogP contribution in [-0.2, 0) is 9.59 Å². The molecule has 1 rings (SSSR count). The maximum atomic E-state index is 11.9. The van der Waals surface area contributed by atoms with Crippen molar-refractivity contribution in [3.63, 3.8) is 0 Å². The molecule has 0 atom stereocenters. The highest BCUT2D eigenvalue weighted by Crippen LogP contribution is 2.15. The number of piperidine rings is 1. The van der Waals surface area contributed by atoms with Gasteiger partial charge in [0.25, 0.3) is 0 Å². The van der Waals surface area contributed by atoms with E-state index in [1.54, 1.807) is 11.9 Å². The van der Waals surface area contributed by atoms with Crippen LogP contribution in [0.5, 0.6) is 0 Å². The number of carbonyl (C=O) groups is 3. The van der Waals surface area contributed by atoms with Gasteiger partial charge in [0.2, 0.25) is 5.91 Å². The van der Waals surface area contributed by atoms with Gasteiger partial charge in [0, 0.05) is 32.6 Å². The summed E-state index contributed by atoms with van der Waals surface area (Å²) in [5.41, 5.74) is 0. The fourth-order valence-corrected chi connectivity index (χ4v) is 2.28. The number of hydrogen-bond donors (Lipinski definition) is 2. The lowest BCUT2D eigenvalue weighted by Crippen LogP contribution is -2.50. The summed E-state index contributed by atoms with van der Waals surface area (Å²) in [7, 11) is 1.67. The number of nitrogens with zero attached hydrogens (tertiary/aromatic N) is 2. The molecule has 20 heavy (non-hydrogen) atoms. The molecule has 0 aromatic heterocycles. The van der Waals surface area contributed by atoms with Crippen LogP contribution in [-0.4, -0.2) is 65.5 Å². The van der Waals surface area contributed by atoms with Gasteiger partial charge in [-0.15, -0.1) is 0 Å². The van der Waals surface area contributed by atoms with Crippen molar-refractivity contribution in [2.24, 2.45) is 0 Å². The van der Waals surface area contributed by atoms with E-state index in [-0.39, 0.29) is 18.9 Å². The quantitative estimate of drug-likeness (QED) is 0.768. The normalized spacial score (nSPS) is 16.7. The second kappa shape index (κ2) is 7.84. The van der Waals surface area contributed by atoms with Crippen molar-refractivity contribution in [2.45, 2.75) is 38.6 Å². The minimum Gasteiger partial charge on any atom is -0.481 e. The Balaban J connectivity index is 2.35. The summed E-state index contributed by atoms with van der Waals surface area (Å²) >= 11 is 0. The summed E-state index contributed by atoms with van der Waals surface area (Å²) in [6, 6.07) is -0.319. The van der Waals surface area contributed by atoms with Crippen molar-refractivity contribution in [3.8, 4) is 0 Å². The smallest absolute Gasteiger partial charge is 0.324 e. The summed E-state index contributed by atoms with van der Waals surface area (Å²) in [6.07, 6.45) is 1.34. The predicted molar refractivity (Wildman–Crippen MR) is 73.3 cm³/mol. The van der Waals surface area contributed by atoms with E-state index < -0.39 is 17.9 Å². The van der Waals surface area contributed by atoms with E-state index >= 15 is 0 Å². The van der Waals surface area contributed by atoms with E-state index in [0.717, 1.165) is 32.5 Å². The van der Waals surface area contributed by atoms with E-state index in [0.29, 0.717) is 0 Å². The van der Waals surface area contributed by atoms with E-state index in [1.165, 1.54) is 0 Å². The molecular weight excluding hydrogens is 262 g/mol. The van der Waals surface area contributed by atoms with Gasteiger partial charge in [-0.2, -0.15) is 0 Å². The van der Waals surface area contributed by atoms with Gasteiger partial charge in [-0.3, -0.25) is 14.9 Å². The minimum atomic E-state index is -1.05. The molecule has 0 aromatic rings. The Labute approximate surface area is 118 Å². The topological polar surface area (TPSA) is 90.0 Å². The SMILES string of the molecule is CCN1CCC(N(C)C(=O)NC(=O)CCC(=O)O)CC1. The number of carboxylic acids is 1. The number of aliphatic carboxylic acids is 1. The molecule has 3 amide bonds. The highest BCUT2D eigenvalue weighted by atomic mass is 16.4. The van der Waals surface area contributed by atoms with Crippen molar-refractivity contribution in [1.82, 2.24) is 15.1 Å². The first-order chi connectivity index (χ1) is 9.43. The van der Waals surface area contributed by atoms with Crippen LogP contribution in [0.3, 0.4) is 0 Å². The number of nitrogens with one attached hydrogen (secondary N) is 1. The standard InChI is InChI=1S/C13H23N3O4/c1-3-16-8-6-10(7-9-16)15(2)13(20)14-11(17)4-5-12(18)19/h10H,3-9H2,1-2H3,(H,18,19)(H,14,17,20). The van der Waals surface area contributed by atoms with Crippen LogP contribution in [0.1, 0.15) is 32.6 Å². The number of amides is 3. The van der Waals surface area contributed by atoms with Crippen LogP contribution in [0.4, 0.5) is 4.79 Å². The molecule has 0 radical (unpaired) electrons. The number of hydrogen-bond acceptors (Lipinski definition) is 4. The van der Waals surface area contributed by atoms with Crippen LogP contribution in [0.15, 0.2) is 0 Å². The fourth-order valence-electron chi connectivity index (χ4n) is 2.28. The first-order valence-corrected chi connectivity index (χ1v) is 6.94. The van der Waals surface area contributed by atoms with Crippen LogP contribution >= 0.6 is 0 Å². The molecular formula is C13H23N3O4. The zero-order valence-corrected chi connectivity index (χ0v) is 12.1. The molecule has 1 heterocycles. The summed E-state index contributed by atoms with van der Waals surface area (Å²) in [5, 5.41) is 10.7. The third kappa shape index (κ3) is 5.16. The highest BCUT2D eigenvalue weighted by Gasteiger charge is 2.25. The van der Waals surface area contributed by atoms with E-state index in [4.69, 9.17) is 5.11 Å². The lowest BCUT2D eigenvalue weighted by molar-refractivity contribution is -0.138. The summed E-state index contributed by atoms with van der Waals surface area (Å²) in [6.45, 7) is 5.02. The number of carbonyl (C=O) groups excluding carboxylic acids is 2. The van der Waals surface area contributed by atoms with Gasteiger partial charge >= 0.3 is 12.0 Å². The Kier molecular flexibility index (Phi) is 6.44. The molecule has 2 N–H and O–H groups in total. The molecule has 114 valence electrons. The van der Waals surface area contributed by atoms with Gasteiger partial charge in [-0.1, -0.05) is 6.92 Å². The molecule has 7 nitrogen and oxygen atoms in total. The van der Waals surface area contributed by atoms with E-state index in [9.17, 15) is 14.4 Å². The average Bonchev–Trinajstić information content (AvgIpc) is 2.44. The zero-order chi connectivity index (χ0) is 15.1. The maximum Gasteiger partial charge on any atom is 0.324 e. The minimum absolute atomic E-state index is 0.130. The largest absolute Gasteiger partial charge is 0.481 e. The first kappa shape index (κ1) is 16.4.